The third-order valence-corrected chi connectivity index (χ3v) is 13.0. The van der Waals surface area contributed by atoms with Crippen molar-refractivity contribution in [3.63, 3.8) is 0 Å². The quantitative estimate of drug-likeness (QED) is 0.0757. The number of para-hydroxylation sites is 2. The minimum Gasteiger partial charge on any atom is -0.398 e. The van der Waals surface area contributed by atoms with Crippen LogP contribution in [0.1, 0.15) is 113 Å². The molecule has 3 aliphatic heterocycles. The molecule has 6 N–H and O–H groups in total. The number of hydrogen-bond acceptors (Lipinski definition) is 12. The van der Waals surface area contributed by atoms with Gasteiger partial charge < -0.3 is 50.0 Å². The van der Waals surface area contributed by atoms with Crippen LogP contribution in [-0.2, 0) is 32.9 Å². The summed E-state index contributed by atoms with van der Waals surface area (Å²) >= 11 is 2.20. The first-order valence-corrected chi connectivity index (χ1v) is 23.4. The lowest BCUT2D eigenvalue weighted by Gasteiger charge is -2.32. The Kier molecular flexibility index (Phi) is 13.9. The van der Waals surface area contributed by atoms with Gasteiger partial charge in [-0.15, -0.1) is 0 Å². The van der Waals surface area contributed by atoms with Crippen molar-refractivity contribution >= 4 is 80.8 Å². The third-order valence-electron chi connectivity index (χ3n) is 12.1. The molecule has 0 radical (unpaired) electrons. The molecule has 7 heterocycles. The van der Waals surface area contributed by atoms with Crippen LogP contribution in [0.25, 0.3) is 33.1 Å². The van der Waals surface area contributed by atoms with Gasteiger partial charge in [-0.3, -0.25) is 28.3 Å². The molecule has 1 fully saturated rings. The Morgan fingerprint density at radius 1 is 0.691 bits per heavy atom. The van der Waals surface area contributed by atoms with Crippen molar-refractivity contribution in [3.8, 4) is 11.3 Å². The monoisotopic (exact) mass is 1040 g/mol. The number of fused-ring (bicyclic) bond motifs is 4. The van der Waals surface area contributed by atoms with E-state index in [2.05, 4.69) is 58.8 Å². The minimum absolute atomic E-state index is 0.0229. The predicted octanol–water partition coefficient (Wildman–Crippen LogP) is 6.06. The lowest BCUT2D eigenvalue weighted by atomic mass is 9.85. The summed E-state index contributed by atoms with van der Waals surface area (Å²) in [6.07, 6.45) is 0. The van der Waals surface area contributed by atoms with Gasteiger partial charge in [0.15, 0.2) is 0 Å². The normalized spacial score (nSPS) is 18.1. The second-order valence-electron chi connectivity index (χ2n) is 20.3. The maximum atomic E-state index is 12.9. The van der Waals surface area contributed by atoms with E-state index in [-0.39, 0.29) is 46.1 Å². The SMILES string of the molecule is COCC1NC(=O)c2cc(-c3cccc4c(=O)n(C)c(NC(C)(C)C)nc34)[nH]c21.COCC1NC(=O)c2cc(B3OC(C)(C)C(C)(C)O3)[nH]c21.Cn1c(NC(C)(C)C)nc2c(I)cccc2c1=O. The maximum Gasteiger partial charge on any atom is 0.512 e. The van der Waals surface area contributed by atoms with Crippen molar-refractivity contribution in [2.75, 3.05) is 38.1 Å². The first-order chi connectivity index (χ1) is 31.7. The number of ether oxygens (including phenoxy) is 2. The smallest absolute Gasteiger partial charge is 0.398 e. The minimum atomic E-state index is -0.489. The number of hydrogen-bond donors (Lipinski definition) is 6. The molecule has 6 aromatic rings. The molecule has 20 heteroatoms. The Bertz CT molecular complexity index is 3020. The summed E-state index contributed by atoms with van der Waals surface area (Å²) < 4.78 is 26.4. The number of rotatable bonds is 8. The Hall–Kier alpha value is -5.55. The fourth-order valence-electron chi connectivity index (χ4n) is 8.00. The number of benzene rings is 2. The third kappa shape index (κ3) is 10.1. The molecule has 0 aliphatic carbocycles. The van der Waals surface area contributed by atoms with Crippen LogP contribution in [0.4, 0.5) is 11.9 Å². The molecule has 2 atom stereocenters. The number of H-pyrrole nitrogens is 2. The number of amides is 2. The molecule has 4 aromatic heterocycles. The zero-order valence-electron chi connectivity index (χ0n) is 41.2. The molecule has 3 aliphatic rings. The molecule has 1 saturated heterocycles. The highest BCUT2D eigenvalue weighted by Crippen LogP contribution is 2.37. The molecule has 2 amide bonds. The van der Waals surface area contributed by atoms with Gasteiger partial charge in [0.2, 0.25) is 11.9 Å². The van der Waals surface area contributed by atoms with Crippen molar-refractivity contribution in [1.29, 1.82) is 0 Å². The number of methoxy groups -OCH3 is 2. The van der Waals surface area contributed by atoms with Crippen molar-refractivity contribution < 1.29 is 28.4 Å². The topological polar surface area (TPSA) is 221 Å². The van der Waals surface area contributed by atoms with Gasteiger partial charge >= 0.3 is 7.12 Å². The first kappa shape index (κ1) is 50.3. The number of aromatic nitrogens is 6. The molecular formula is C48H62BIN10O8. The summed E-state index contributed by atoms with van der Waals surface area (Å²) in [6.45, 7) is 21.0. The highest BCUT2D eigenvalue weighted by molar-refractivity contribution is 14.1. The van der Waals surface area contributed by atoms with Crippen LogP contribution in [0.2, 0.25) is 0 Å². The van der Waals surface area contributed by atoms with Gasteiger partial charge in [-0.2, -0.15) is 0 Å². The molecular weight excluding hydrogens is 982 g/mol. The van der Waals surface area contributed by atoms with E-state index in [4.69, 9.17) is 23.8 Å². The van der Waals surface area contributed by atoms with Crippen LogP contribution in [0.15, 0.2) is 58.1 Å². The second kappa shape index (κ2) is 18.7. The lowest BCUT2D eigenvalue weighted by molar-refractivity contribution is 0.00578. The summed E-state index contributed by atoms with van der Waals surface area (Å²) in [6, 6.07) is 14.4. The molecule has 0 bridgehead atoms. The van der Waals surface area contributed by atoms with Gasteiger partial charge in [-0.05, 0) is 122 Å². The number of carbonyl (C=O) groups excluding carboxylic acids is 2. The summed E-state index contributed by atoms with van der Waals surface area (Å²) in [5, 5.41) is 13.5. The van der Waals surface area contributed by atoms with E-state index < -0.39 is 18.3 Å². The summed E-state index contributed by atoms with van der Waals surface area (Å²) in [5.41, 5.74) is 5.17. The highest BCUT2D eigenvalue weighted by atomic mass is 127. The predicted molar refractivity (Wildman–Crippen MR) is 274 cm³/mol. The average molecular weight is 1040 g/mol. The van der Waals surface area contributed by atoms with Gasteiger partial charge in [0.05, 0.1) is 80.8 Å². The fourth-order valence-corrected chi connectivity index (χ4v) is 8.61. The maximum absolute atomic E-state index is 12.9. The van der Waals surface area contributed by atoms with Gasteiger partial charge in [0.1, 0.15) is 0 Å². The van der Waals surface area contributed by atoms with Crippen LogP contribution in [0.3, 0.4) is 0 Å². The summed E-state index contributed by atoms with van der Waals surface area (Å²) in [7, 11) is 6.17. The van der Waals surface area contributed by atoms with Crippen molar-refractivity contribution in [2.24, 2.45) is 14.1 Å². The Morgan fingerprint density at radius 2 is 1.15 bits per heavy atom. The van der Waals surface area contributed by atoms with E-state index in [9.17, 15) is 19.2 Å². The van der Waals surface area contributed by atoms with Gasteiger partial charge in [-0.25, -0.2) is 9.97 Å². The highest BCUT2D eigenvalue weighted by Gasteiger charge is 2.53. The van der Waals surface area contributed by atoms with Gasteiger partial charge in [-0.1, -0.05) is 18.2 Å². The molecule has 68 heavy (non-hydrogen) atoms. The van der Waals surface area contributed by atoms with Crippen molar-refractivity contribution in [1.82, 2.24) is 39.7 Å². The van der Waals surface area contributed by atoms with Crippen molar-refractivity contribution in [3.05, 3.63) is 95.3 Å². The number of aromatic amines is 2. The molecule has 0 spiro atoms. The van der Waals surface area contributed by atoms with E-state index in [0.29, 0.717) is 52.5 Å². The molecule has 2 aromatic carbocycles. The first-order valence-electron chi connectivity index (χ1n) is 22.4. The van der Waals surface area contributed by atoms with Crippen LogP contribution in [0, 0.1) is 3.57 Å². The molecule has 0 saturated carbocycles. The van der Waals surface area contributed by atoms with E-state index in [1.165, 1.54) is 4.57 Å². The van der Waals surface area contributed by atoms with Gasteiger partial charge in [0, 0.05) is 59.8 Å². The molecule has 9 rings (SSSR count). The molecule has 362 valence electrons. The largest absolute Gasteiger partial charge is 0.512 e. The average Bonchev–Trinajstić information content (AvgIpc) is 4.05. The standard InChI is InChI=1S/C21H25N5O3.C14H21BN2O4.C13H16IN3O/c1-21(2,3)25-20-24-16-11(7-6-8-12(16)19(28)26(20)4)14-9-13-17(22-14)15(10-29-5)23-18(13)27;1-13(2)14(3,4)21-15(20-13)10-6-8-11(17-10)9(7-19-5)16-12(8)18;1-13(2,3)16-12-15-10-8(11(18)17(12)4)6-5-7-9(10)14/h6-9,15,22H,10H2,1-5H3,(H,23,27)(H,24,25);6,9,17H,7H2,1-5H3,(H,16,18);5-7H,1-4H3,(H,15,16). The lowest BCUT2D eigenvalue weighted by Crippen LogP contribution is -2.41. The number of nitrogens with one attached hydrogen (secondary N) is 6. The zero-order chi connectivity index (χ0) is 49.8. The van der Waals surface area contributed by atoms with Crippen molar-refractivity contribution in [2.45, 2.75) is 104 Å². The van der Waals surface area contributed by atoms with Crippen LogP contribution in [0.5, 0.6) is 0 Å². The summed E-state index contributed by atoms with van der Waals surface area (Å²) in [4.78, 5) is 65.4. The number of nitrogens with zero attached hydrogens (tertiary/aromatic N) is 4. The molecule has 18 nitrogen and oxygen atoms in total. The Balaban J connectivity index is 0.000000156. The summed E-state index contributed by atoms with van der Waals surface area (Å²) in [5.74, 6) is 0.871. The number of carbonyl (C=O) groups is 2. The Labute approximate surface area is 409 Å². The number of anilines is 2. The van der Waals surface area contributed by atoms with E-state index in [1.54, 1.807) is 38.9 Å². The second-order valence-corrected chi connectivity index (χ2v) is 21.5. The molecule has 2 unspecified atom stereocenters. The zero-order valence-corrected chi connectivity index (χ0v) is 43.4. The van der Waals surface area contributed by atoms with E-state index in [1.807, 2.05) is 112 Å². The van der Waals surface area contributed by atoms with Crippen LogP contribution in [-0.4, -0.2) is 97.7 Å². The Morgan fingerprint density at radius 3 is 1.65 bits per heavy atom. The number of halogens is 1. The van der Waals surface area contributed by atoms with Gasteiger partial charge in [0.25, 0.3) is 22.9 Å². The van der Waals surface area contributed by atoms with E-state index >= 15 is 0 Å². The van der Waals surface area contributed by atoms with Crippen LogP contribution >= 0.6 is 22.6 Å². The fraction of sp³-hybridized carbons (Fsp3) is 0.458. The van der Waals surface area contributed by atoms with E-state index in [0.717, 1.165) is 37.3 Å². The van der Waals surface area contributed by atoms with Crippen LogP contribution < -0.4 is 38.0 Å².